The number of benzene rings is 1. The van der Waals surface area contributed by atoms with E-state index in [1.54, 1.807) is 19.4 Å². The fourth-order valence-electron chi connectivity index (χ4n) is 2.24. The van der Waals surface area contributed by atoms with Crippen molar-refractivity contribution in [1.29, 1.82) is 0 Å². The minimum atomic E-state index is -0.483. The van der Waals surface area contributed by atoms with Crippen LogP contribution in [0.1, 0.15) is 0 Å². The smallest absolute Gasteiger partial charge is 0.337 e. The molecule has 0 aliphatic rings. The Balaban J connectivity index is 2.36. The van der Waals surface area contributed by atoms with Crippen molar-refractivity contribution in [3.05, 3.63) is 53.1 Å². The highest BCUT2D eigenvalue weighted by Crippen LogP contribution is 2.35. The first-order chi connectivity index (χ1) is 10.2. The molecule has 21 heavy (non-hydrogen) atoms. The molecule has 0 spiro atoms. The number of nitrogens with one attached hydrogen (secondary N) is 1. The van der Waals surface area contributed by atoms with E-state index in [4.69, 9.17) is 0 Å². The Hall–Kier alpha value is -3.09. The van der Waals surface area contributed by atoms with Crippen LogP contribution in [0, 0.1) is 10.1 Å². The molecule has 0 fully saturated rings. The van der Waals surface area contributed by atoms with Crippen LogP contribution in [0.25, 0.3) is 22.0 Å². The van der Waals surface area contributed by atoms with Crippen LogP contribution in [-0.2, 0) is 0 Å². The van der Waals surface area contributed by atoms with Gasteiger partial charge in [0.1, 0.15) is 6.33 Å². The molecule has 0 aliphatic heterocycles. The van der Waals surface area contributed by atoms with Crippen LogP contribution >= 0.6 is 0 Å². The highest BCUT2D eigenvalue weighted by atomic mass is 16.6. The zero-order valence-corrected chi connectivity index (χ0v) is 11.1. The Morgan fingerprint density at radius 2 is 2.00 bits per heavy atom. The number of nitro groups is 1. The van der Waals surface area contributed by atoms with Gasteiger partial charge in [0.15, 0.2) is 5.69 Å². The van der Waals surface area contributed by atoms with Crippen molar-refractivity contribution in [1.82, 2.24) is 15.0 Å². The Bertz CT molecular complexity index is 829. The molecule has 0 atom stereocenters. The van der Waals surface area contributed by atoms with E-state index in [0.29, 0.717) is 5.56 Å². The highest BCUT2D eigenvalue weighted by Gasteiger charge is 2.24. The minimum Gasteiger partial charge on any atom is -0.367 e. The summed E-state index contributed by atoms with van der Waals surface area (Å²) >= 11 is 0. The van der Waals surface area contributed by atoms with Gasteiger partial charge in [0.2, 0.25) is 5.82 Å². The first kappa shape index (κ1) is 12.9. The van der Waals surface area contributed by atoms with Crippen molar-refractivity contribution >= 4 is 22.3 Å². The van der Waals surface area contributed by atoms with E-state index in [-0.39, 0.29) is 17.2 Å². The van der Waals surface area contributed by atoms with Crippen molar-refractivity contribution in [2.45, 2.75) is 0 Å². The quantitative estimate of drug-likeness (QED) is 0.586. The Labute approximate surface area is 119 Å². The molecule has 0 amide bonds. The number of hydrogen-bond donors (Lipinski definition) is 1. The van der Waals surface area contributed by atoms with E-state index < -0.39 is 4.92 Å². The van der Waals surface area contributed by atoms with E-state index >= 15 is 0 Å². The molecule has 2 aromatic heterocycles. The molecule has 1 N–H and O–H groups in total. The van der Waals surface area contributed by atoms with Gasteiger partial charge >= 0.3 is 5.69 Å². The van der Waals surface area contributed by atoms with Crippen LogP contribution < -0.4 is 5.32 Å². The average Bonchev–Trinajstić information content (AvgIpc) is 2.53. The first-order valence-electron chi connectivity index (χ1n) is 6.22. The van der Waals surface area contributed by atoms with E-state index in [2.05, 4.69) is 20.3 Å². The van der Waals surface area contributed by atoms with Gasteiger partial charge in [-0.1, -0.05) is 24.3 Å². The lowest BCUT2D eigenvalue weighted by atomic mass is 10.0. The van der Waals surface area contributed by atoms with Crippen LogP contribution in [0.5, 0.6) is 0 Å². The van der Waals surface area contributed by atoms with Gasteiger partial charge in [0.05, 0.1) is 4.92 Å². The largest absolute Gasteiger partial charge is 0.367 e. The van der Waals surface area contributed by atoms with Gasteiger partial charge in [-0.15, -0.1) is 0 Å². The summed E-state index contributed by atoms with van der Waals surface area (Å²) in [5.41, 5.74) is 0.709. The summed E-state index contributed by atoms with van der Waals surface area (Å²) < 4.78 is 0. The van der Waals surface area contributed by atoms with Gasteiger partial charge in [-0.3, -0.25) is 15.1 Å². The molecule has 0 bridgehead atoms. The lowest BCUT2D eigenvalue weighted by Gasteiger charge is -2.08. The van der Waals surface area contributed by atoms with Crippen LogP contribution in [0.15, 0.2) is 43.0 Å². The monoisotopic (exact) mass is 281 g/mol. The first-order valence-corrected chi connectivity index (χ1v) is 6.22. The maximum absolute atomic E-state index is 11.4. The van der Waals surface area contributed by atoms with Crippen molar-refractivity contribution in [3.8, 4) is 11.3 Å². The third-order valence-electron chi connectivity index (χ3n) is 3.16. The normalized spacial score (nSPS) is 10.5. The summed E-state index contributed by atoms with van der Waals surface area (Å²) in [6.07, 6.45) is 4.60. The second-order valence-corrected chi connectivity index (χ2v) is 4.33. The minimum absolute atomic E-state index is 0.154. The molecule has 0 aliphatic carbocycles. The van der Waals surface area contributed by atoms with Crippen molar-refractivity contribution in [2.75, 3.05) is 12.4 Å². The summed E-state index contributed by atoms with van der Waals surface area (Å²) in [5.74, 6) is 0.179. The Morgan fingerprint density at radius 3 is 2.76 bits per heavy atom. The fourth-order valence-corrected chi connectivity index (χ4v) is 2.24. The molecule has 0 unspecified atom stereocenters. The molecular formula is C14H11N5O2. The maximum atomic E-state index is 11.4. The molecule has 1 aromatic carbocycles. The molecule has 0 saturated carbocycles. The third-order valence-corrected chi connectivity index (χ3v) is 3.16. The average molecular weight is 281 g/mol. The van der Waals surface area contributed by atoms with Crippen LogP contribution in [0.2, 0.25) is 0 Å². The number of fused-ring (bicyclic) bond motifs is 1. The van der Waals surface area contributed by atoms with Gasteiger partial charge < -0.3 is 5.32 Å². The lowest BCUT2D eigenvalue weighted by molar-refractivity contribution is -0.383. The van der Waals surface area contributed by atoms with Crippen LogP contribution in [0.4, 0.5) is 11.5 Å². The van der Waals surface area contributed by atoms with Crippen LogP contribution in [-0.4, -0.2) is 26.9 Å². The highest BCUT2D eigenvalue weighted by molar-refractivity contribution is 5.97. The molecule has 0 saturated heterocycles. The summed E-state index contributed by atoms with van der Waals surface area (Å²) in [6.45, 7) is 0. The topological polar surface area (TPSA) is 93.8 Å². The molecule has 7 nitrogen and oxygen atoms in total. The second-order valence-electron chi connectivity index (χ2n) is 4.33. The van der Waals surface area contributed by atoms with E-state index in [9.17, 15) is 10.1 Å². The predicted molar refractivity (Wildman–Crippen MR) is 79.0 cm³/mol. The van der Waals surface area contributed by atoms with Gasteiger partial charge in [0.25, 0.3) is 0 Å². The van der Waals surface area contributed by atoms with E-state index in [0.717, 1.165) is 10.8 Å². The number of anilines is 1. The predicted octanol–water partition coefficient (Wildman–Crippen LogP) is 2.64. The summed E-state index contributed by atoms with van der Waals surface area (Å²) in [6, 6.07) is 7.55. The van der Waals surface area contributed by atoms with E-state index in [1.165, 1.54) is 6.33 Å². The number of pyridine rings is 1. The van der Waals surface area contributed by atoms with Gasteiger partial charge in [-0.2, -0.15) is 0 Å². The molecule has 7 heteroatoms. The number of aromatic nitrogens is 3. The van der Waals surface area contributed by atoms with Gasteiger partial charge in [0, 0.05) is 30.4 Å². The van der Waals surface area contributed by atoms with Crippen LogP contribution in [0.3, 0.4) is 0 Å². The van der Waals surface area contributed by atoms with E-state index in [1.807, 2.05) is 24.3 Å². The molecule has 3 aromatic rings. The number of nitrogens with zero attached hydrogens (tertiary/aromatic N) is 4. The van der Waals surface area contributed by atoms with Crippen molar-refractivity contribution in [2.24, 2.45) is 0 Å². The van der Waals surface area contributed by atoms with Gasteiger partial charge in [-0.25, -0.2) is 9.97 Å². The molecular weight excluding hydrogens is 270 g/mol. The second kappa shape index (κ2) is 5.12. The summed E-state index contributed by atoms with van der Waals surface area (Å²) in [7, 11) is 1.58. The summed E-state index contributed by atoms with van der Waals surface area (Å²) in [5, 5.41) is 15.9. The number of hydrogen-bond acceptors (Lipinski definition) is 6. The third kappa shape index (κ3) is 2.14. The molecule has 2 heterocycles. The Morgan fingerprint density at radius 1 is 1.19 bits per heavy atom. The number of rotatable bonds is 3. The van der Waals surface area contributed by atoms with Gasteiger partial charge in [-0.05, 0) is 5.39 Å². The molecule has 3 rings (SSSR count). The standard InChI is InChI=1S/C14H11N5O2/c1-15-14-13(19(20)21)12(17-8-18-14)11-7-16-6-9-4-2-3-5-10(9)11/h2-8H,1H3,(H,15,17,18). The zero-order chi connectivity index (χ0) is 14.8. The zero-order valence-electron chi connectivity index (χ0n) is 11.1. The lowest BCUT2D eigenvalue weighted by Crippen LogP contribution is -2.03. The molecule has 0 radical (unpaired) electrons. The SMILES string of the molecule is CNc1ncnc(-c2cncc3ccccc23)c1[N+](=O)[O-]. The maximum Gasteiger partial charge on any atom is 0.337 e. The molecule has 104 valence electrons. The van der Waals surface area contributed by atoms with Crippen molar-refractivity contribution in [3.63, 3.8) is 0 Å². The Kier molecular flexibility index (Phi) is 3.15. The summed E-state index contributed by atoms with van der Waals surface area (Å²) in [4.78, 5) is 23.0. The van der Waals surface area contributed by atoms with Crippen molar-refractivity contribution < 1.29 is 4.92 Å². The fraction of sp³-hybridized carbons (Fsp3) is 0.0714.